The third-order valence-corrected chi connectivity index (χ3v) is 2.58. The number of nitrogens with zero attached hydrogens (tertiary/aromatic N) is 1. The van der Waals surface area contributed by atoms with Crippen molar-refractivity contribution >= 4 is 12.3 Å². The Hall–Kier alpha value is -1.58. The second kappa shape index (κ2) is 4.29. The normalized spacial score (nSPS) is 12.3. The van der Waals surface area contributed by atoms with E-state index in [1.165, 1.54) is 7.11 Å². The van der Waals surface area contributed by atoms with Gasteiger partial charge in [0, 0.05) is 17.0 Å². The maximum atomic E-state index is 11.4. The minimum absolute atomic E-state index is 0.311. The van der Waals surface area contributed by atoms with E-state index in [2.05, 4.69) is 4.74 Å². The highest BCUT2D eigenvalue weighted by Gasteiger charge is 2.20. The van der Waals surface area contributed by atoms with Crippen LogP contribution in [0.1, 0.15) is 34.7 Å². The van der Waals surface area contributed by atoms with Crippen LogP contribution in [0.2, 0.25) is 0 Å². The minimum Gasteiger partial charge on any atom is -0.467 e. The molecule has 0 amide bonds. The van der Waals surface area contributed by atoms with Crippen LogP contribution in [-0.2, 0) is 9.53 Å². The Labute approximate surface area is 88.8 Å². The first-order valence-corrected chi connectivity index (χ1v) is 4.74. The minimum atomic E-state index is -0.399. The second-order valence-electron chi connectivity index (χ2n) is 3.51. The molecule has 82 valence electrons. The summed E-state index contributed by atoms with van der Waals surface area (Å²) in [5.41, 5.74) is 2.29. The number of hydrogen-bond donors (Lipinski definition) is 0. The predicted molar refractivity (Wildman–Crippen MR) is 56.0 cm³/mol. The number of carbonyl (C=O) groups is 2. The molecular formula is C11H15NO3. The van der Waals surface area contributed by atoms with Gasteiger partial charge in [0.05, 0.1) is 7.11 Å². The summed E-state index contributed by atoms with van der Waals surface area (Å²) in [6, 6.07) is 1.37. The van der Waals surface area contributed by atoms with Crippen LogP contribution < -0.4 is 0 Å². The molecule has 0 N–H and O–H groups in total. The molecule has 0 unspecified atom stereocenters. The molecule has 0 saturated carbocycles. The molecule has 0 saturated heterocycles. The van der Waals surface area contributed by atoms with E-state index in [4.69, 9.17) is 0 Å². The van der Waals surface area contributed by atoms with Crippen LogP contribution in [0.15, 0.2) is 6.07 Å². The highest BCUT2D eigenvalue weighted by atomic mass is 16.5. The highest BCUT2D eigenvalue weighted by Crippen LogP contribution is 2.19. The molecule has 0 radical (unpaired) electrons. The lowest BCUT2D eigenvalue weighted by Gasteiger charge is -2.15. The fraction of sp³-hybridized carbons (Fsp3) is 0.455. The smallest absolute Gasteiger partial charge is 0.328 e. The highest BCUT2D eigenvalue weighted by molar-refractivity contribution is 5.79. The largest absolute Gasteiger partial charge is 0.467 e. The molecule has 4 nitrogen and oxygen atoms in total. The number of rotatable bonds is 3. The zero-order chi connectivity index (χ0) is 11.6. The summed E-state index contributed by atoms with van der Waals surface area (Å²) in [4.78, 5) is 22.1. The van der Waals surface area contributed by atoms with E-state index < -0.39 is 6.04 Å². The van der Waals surface area contributed by atoms with Gasteiger partial charge < -0.3 is 9.30 Å². The Morgan fingerprint density at radius 1 is 1.53 bits per heavy atom. The lowest BCUT2D eigenvalue weighted by molar-refractivity contribution is -0.144. The first-order valence-electron chi connectivity index (χ1n) is 4.74. The van der Waals surface area contributed by atoms with Gasteiger partial charge >= 0.3 is 5.97 Å². The fourth-order valence-corrected chi connectivity index (χ4v) is 1.79. The van der Waals surface area contributed by atoms with Crippen molar-refractivity contribution in [3.8, 4) is 0 Å². The lowest BCUT2D eigenvalue weighted by Crippen LogP contribution is -2.19. The molecule has 15 heavy (non-hydrogen) atoms. The number of aryl methyl sites for hydroxylation is 1. The Bertz CT molecular complexity index is 393. The van der Waals surface area contributed by atoms with Gasteiger partial charge in [0.1, 0.15) is 6.04 Å². The van der Waals surface area contributed by atoms with Gasteiger partial charge in [0.15, 0.2) is 6.29 Å². The van der Waals surface area contributed by atoms with Crippen LogP contribution in [0.25, 0.3) is 0 Å². The fourth-order valence-electron chi connectivity index (χ4n) is 1.79. The monoisotopic (exact) mass is 209 g/mol. The van der Waals surface area contributed by atoms with E-state index in [1.807, 2.05) is 13.8 Å². The maximum Gasteiger partial charge on any atom is 0.328 e. The van der Waals surface area contributed by atoms with Crippen LogP contribution in [0, 0.1) is 13.8 Å². The Morgan fingerprint density at radius 2 is 2.13 bits per heavy atom. The summed E-state index contributed by atoms with van der Waals surface area (Å²) in [5, 5.41) is 0. The molecule has 0 aliphatic rings. The number of aldehydes is 1. The molecular weight excluding hydrogens is 194 g/mol. The average Bonchev–Trinajstić information content (AvgIpc) is 2.51. The summed E-state index contributed by atoms with van der Waals surface area (Å²) in [7, 11) is 1.35. The molecule has 4 heteroatoms. The zero-order valence-electron chi connectivity index (χ0n) is 9.40. The molecule has 1 aromatic heterocycles. The van der Waals surface area contributed by atoms with Crippen molar-refractivity contribution in [1.29, 1.82) is 0 Å². The van der Waals surface area contributed by atoms with Crippen LogP contribution in [0.3, 0.4) is 0 Å². The van der Waals surface area contributed by atoms with Crippen molar-refractivity contribution in [3.05, 3.63) is 23.0 Å². The van der Waals surface area contributed by atoms with Gasteiger partial charge in [0.25, 0.3) is 0 Å². The van der Waals surface area contributed by atoms with Gasteiger partial charge in [-0.25, -0.2) is 4.79 Å². The predicted octanol–water partition coefficient (Wildman–Crippen LogP) is 1.65. The van der Waals surface area contributed by atoms with Gasteiger partial charge in [-0.3, -0.25) is 4.79 Å². The van der Waals surface area contributed by atoms with E-state index in [-0.39, 0.29) is 5.97 Å². The van der Waals surface area contributed by atoms with Crippen molar-refractivity contribution in [1.82, 2.24) is 4.57 Å². The van der Waals surface area contributed by atoms with E-state index in [9.17, 15) is 9.59 Å². The number of methoxy groups -OCH3 is 1. The summed E-state index contributed by atoms with van der Waals surface area (Å²) >= 11 is 0. The van der Waals surface area contributed by atoms with Crippen molar-refractivity contribution in [3.63, 3.8) is 0 Å². The molecule has 0 aromatic carbocycles. The summed E-state index contributed by atoms with van der Waals surface area (Å²) < 4.78 is 6.47. The summed E-state index contributed by atoms with van der Waals surface area (Å²) in [6.07, 6.45) is 0.794. The average molecular weight is 209 g/mol. The van der Waals surface area contributed by atoms with Crippen LogP contribution in [0.5, 0.6) is 0 Å². The lowest BCUT2D eigenvalue weighted by atomic mass is 10.2. The zero-order valence-corrected chi connectivity index (χ0v) is 9.40. The van der Waals surface area contributed by atoms with E-state index >= 15 is 0 Å². The number of hydrogen-bond acceptors (Lipinski definition) is 3. The first kappa shape index (κ1) is 11.5. The third-order valence-electron chi connectivity index (χ3n) is 2.58. The molecule has 1 heterocycles. The van der Waals surface area contributed by atoms with Gasteiger partial charge in [-0.1, -0.05) is 0 Å². The maximum absolute atomic E-state index is 11.4. The van der Waals surface area contributed by atoms with Crippen LogP contribution >= 0.6 is 0 Å². The summed E-state index contributed by atoms with van der Waals surface area (Å²) in [6.45, 7) is 5.43. The molecule has 0 aliphatic carbocycles. The van der Waals surface area contributed by atoms with Crippen molar-refractivity contribution in [2.45, 2.75) is 26.8 Å². The van der Waals surface area contributed by atoms with Gasteiger partial charge in [-0.15, -0.1) is 0 Å². The van der Waals surface area contributed by atoms with E-state index in [0.717, 1.165) is 17.7 Å². The molecule has 0 spiro atoms. The van der Waals surface area contributed by atoms with E-state index in [0.29, 0.717) is 5.56 Å². The number of ether oxygens (including phenoxy) is 1. The SMILES string of the molecule is COC(=O)[C@H](C)n1c(C)cc(C=O)c1C. The number of carbonyl (C=O) groups excluding carboxylic acids is 2. The Balaban J connectivity index is 3.19. The molecule has 1 aromatic rings. The van der Waals surface area contributed by atoms with Gasteiger partial charge in [-0.05, 0) is 26.8 Å². The van der Waals surface area contributed by atoms with Crippen LogP contribution in [-0.4, -0.2) is 23.9 Å². The van der Waals surface area contributed by atoms with Crippen molar-refractivity contribution in [2.75, 3.05) is 7.11 Å². The second-order valence-corrected chi connectivity index (χ2v) is 3.51. The van der Waals surface area contributed by atoms with Gasteiger partial charge in [0.2, 0.25) is 0 Å². The number of aromatic nitrogens is 1. The molecule has 0 bridgehead atoms. The third kappa shape index (κ3) is 1.93. The van der Waals surface area contributed by atoms with Crippen molar-refractivity contribution < 1.29 is 14.3 Å². The molecule has 0 fully saturated rings. The van der Waals surface area contributed by atoms with Crippen molar-refractivity contribution in [2.24, 2.45) is 0 Å². The molecule has 1 rings (SSSR count). The van der Waals surface area contributed by atoms with Crippen LogP contribution in [0.4, 0.5) is 0 Å². The summed E-state index contributed by atoms with van der Waals surface area (Å²) in [5.74, 6) is -0.311. The first-order chi connectivity index (χ1) is 7.02. The molecule has 1 atom stereocenters. The van der Waals surface area contributed by atoms with Gasteiger partial charge in [-0.2, -0.15) is 0 Å². The number of esters is 1. The Kier molecular flexibility index (Phi) is 3.29. The quantitative estimate of drug-likeness (QED) is 0.561. The molecule has 0 aliphatic heterocycles. The standard InChI is InChI=1S/C11H15NO3/c1-7-5-10(6-13)8(2)12(7)9(3)11(14)15-4/h5-6,9H,1-4H3/t9-/m0/s1. The van der Waals surface area contributed by atoms with E-state index in [1.54, 1.807) is 17.6 Å². The topological polar surface area (TPSA) is 48.3 Å². The Morgan fingerprint density at radius 3 is 2.53 bits per heavy atom.